The van der Waals surface area contributed by atoms with Crippen LogP contribution in [0.2, 0.25) is 0 Å². The van der Waals surface area contributed by atoms with Crippen molar-refractivity contribution in [3.05, 3.63) is 121 Å². The van der Waals surface area contributed by atoms with Crippen LogP contribution in [0.4, 0.5) is 0 Å². The van der Waals surface area contributed by atoms with E-state index in [1.165, 1.54) is 21.5 Å². The molecule has 4 aromatic rings. The lowest BCUT2D eigenvalue weighted by Gasteiger charge is -2.32. The van der Waals surface area contributed by atoms with E-state index < -0.39 is 13.4 Å². The summed E-state index contributed by atoms with van der Waals surface area (Å²) < 4.78 is 6.36. The zero-order valence-corrected chi connectivity index (χ0v) is 26.5. The summed E-state index contributed by atoms with van der Waals surface area (Å²) in [6.45, 7) is 5.98. The molecule has 0 saturated carbocycles. The Hall–Kier alpha value is -2.53. The van der Waals surface area contributed by atoms with E-state index in [0.717, 1.165) is 51.3 Å². The van der Waals surface area contributed by atoms with Crippen LogP contribution in [0, 0.1) is 0 Å². The Morgan fingerprint density at radius 1 is 0.707 bits per heavy atom. The van der Waals surface area contributed by atoms with Crippen LogP contribution in [0.15, 0.2) is 115 Å². The van der Waals surface area contributed by atoms with Gasteiger partial charge in [0.05, 0.1) is 0 Å². The Morgan fingerprint density at radius 3 is 1.73 bits per heavy atom. The number of nitrogens with zero attached hydrogens (tertiary/aromatic N) is 2. The molecule has 0 radical (unpaired) electrons. The second kappa shape index (κ2) is 15.6. The highest BCUT2D eigenvalue weighted by Gasteiger charge is 2.47. The molecule has 1 aliphatic heterocycles. The second-order valence-electron chi connectivity index (χ2n) is 10.8. The van der Waals surface area contributed by atoms with Gasteiger partial charge in [-0.2, -0.15) is 0 Å². The van der Waals surface area contributed by atoms with Crippen molar-refractivity contribution in [2.45, 2.75) is 18.9 Å². The number of likely N-dealkylation sites (N-methyl/N-ethyl adjacent to an activating group) is 1. The highest BCUT2D eigenvalue weighted by atomic mass is 79.9. The first-order valence-electron chi connectivity index (χ1n) is 14.5. The number of piperazine rings is 1. The molecule has 0 aromatic heterocycles. The van der Waals surface area contributed by atoms with Gasteiger partial charge in [0.15, 0.2) is 0 Å². The molecule has 0 amide bonds. The fourth-order valence-corrected chi connectivity index (χ4v) is 10.1. The van der Waals surface area contributed by atoms with Gasteiger partial charge in [-0.1, -0.05) is 72.8 Å². The molecule has 1 fully saturated rings. The van der Waals surface area contributed by atoms with E-state index in [2.05, 4.69) is 120 Å². The average Bonchev–Trinajstić information content (AvgIpc) is 3.02. The standard InChI is InChI=1S/C35H42N2O2P.BrH/c1-36-24-26-37(27-25-36)23-13-15-30-14-11-12-22-35(30)39-28-31(38)29-40(32-16-5-2-6-17-32,33-18-7-3-8-19-33)34-20-9-4-10-21-34;/h2-12,14,16-22,31,38H,13,15,23-29H2,1H3;1H/q+1;/p-1. The van der Waals surface area contributed by atoms with Gasteiger partial charge >= 0.3 is 0 Å². The number of aliphatic hydroxyl groups excluding tert-OH is 1. The van der Waals surface area contributed by atoms with Crippen LogP contribution in [-0.4, -0.2) is 73.6 Å². The van der Waals surface area contributed by atoms with E-state index in [1.54, 1.807) is 0 Å². The first-order chi connectivity index (χ1) is 19.6. The van der Waals surface area contributed by atoms with E-state index in [-0.39, 0.29) is 23.6 Å². The molecule has 4 nitrogen and oxygen atoms in total. The number of hydrogen-bond acceptors (Lipinski definition) is 4. The molecular formula is C35H42BrN2O2P. The minimum Gasteiger partial charge on any atom is -1.00 e. The lowest BCUT2D eigenvalue weighted by molar-refractivity contribution is -0.00000988. The summed E-state index contributed by atoms with van der Waals surface area (Å²) in [5.41, 5.74) is 1.22. The van der Waals surface area contributed by atoms with Gasteiger partial charge in [-0.3, -0.25) is 0 Å². The van der Waals surface area contributed by atoms with Crippen LogP contribution in [0.5, 0.6) is 5.75 Å². The van der Waals surface area contributed by atoms with Gasteiger partial charge in [0.25, 0.3) is 0 Å². The van der Waals surface area contributed by atoms with Crippen molar-refractivity contribution < 1.29 is 26.8 Å². The highest BCUT2D eigenvalue weighted by molar-refractivity contribution is 7.95. The van der Waals surface area contributed by atoms with E-state index in [9.17, 15) is 5.11 Å². The zero-order valence-electron chi connectivity index (χ0n) is 24.0. The van der Waals surface area contributed by atoms with Gasteiger partial charge in [-0.15, -0.1) is 0 Å². The number of para-hydroxylation sites is 1. The van der Waals surface area contributed by atoms with Crippen molar-refractivity contribution in [2.24, 2.45) is 0 Å². The molecule has 41 heavy (non-hydrogen) atoms. The summed E-state index contributed by atoms with van der Waals surface area (Å²) in [4.78, 5) is 4.96. The lowest BCUT2D eigenvalue weighted by atomic mass is 10.1. The van der Waals surface area contributed by atoms with Gasteiger partial charge in [0.1, 0.15) is 47.8 Å². The third kappa shape index (κ3) is 8.06. The highest BCUT2D eigenvalue weighted by Crippen LogP contribution is 2.55. The predicted molar refractivity (Wildman–Crippen MR) is 170 cm³/mol. The van der Waals surface area contributed by atoms with Gasteiger partial charge in [0, 0.05) is 26.2 Å². The van der Waals surface area contributed by atoms with Crippen molar-refractivity contribution in [1.82, 2.24) is 9.80 Å². The van der Waals surface area contributed by atoms with Gasteiger partial charge < -0.3 is 36.6 Å². The first kappa shape index (κ1) is 31.4. The van der Waals surface area contributed by atoms with E-state index in [1.807, 2.05) is 12.1 Å². The van der Waals surface area contributed by atoms with Crippen LogP contribution in [0.3, 0.4) is 0 Å². The molecule has 0 bridgehead atoms. The summed E-state index contributed by atoms with van der Waals surface area (Å²) in [6, 6.07) is 40.5. The molecule has 0 aliphatic carbocycles. The number of hydrogen-bond donors (Lipinski definition) is 1. The molecule has 1 aliphatic rings. The van der Waals surface area contributed by atoms with Gasteiger partial charge in [0.2, 0.25) is 0 Å². The Kier molecular flexibility index (Phi) is 12.0. The lowest BCUT2D eigenvalue weighted by Crippen LogP contribution is -3.00. The van der Waals surface area contributed by atoms with Crippen molar-refractivity contribution in [1.29, 1.82) is 0 Å². The molecule has 5 rings (SSSR count). The Morgan fingerprint density at radius 2 is 1.20 bits per heavy atom. The molecule has 4 aromatic carbocycles. The maximum atomic E-state index is 11.6. The van der Waals surface area contributed by atoms with Crippen molar-refractivity contribution in [3.8, 4) is 5.75 Å². The third-order valence-electron chi connectivity index (χ3n) is 8.00. The van der Waals surface area contributed by atoms with Crippen LogP contribution in [-0.2, 0) is 6.42 Å². The topological polar surface area (TPSA) is 35.9 Å². The molecule has 0 spiro atoms. The van der Waals surface area contributed by atoms with Crippen LogP contribution in [0.25, 0.3) is 0 Å². The summed E-state index contributed by atoms with van der Waals surface area (Å²) >= 11 is 0. The largest absolute Gasteiger partial charge is 1.00 e. The zero-order chi connectivity index (χ0) is 27.6. The predicted octanol–water partition coefficient (Wildman–Crippen LogP) is 1.60. The Balaban J connectivity index is 0.00000387. The number of aryl methyl sites for hydroxylation is 1. The monoisotopic (exact) mass is 632 g/mol. The summed E-state index contributed by atoms with van der Waals surface area (Å²) in [5.74, 6) is 0.892. The van der Waals surface area contributed by atoms with Crippen LogP contribution < -0.4 is 37.6 Å². The summed E-state index contributed by atoms with van der Waals surface area (Å²) in [7, 11) is 0.0800. The van der Waals surface area contributed by atoms with Gasteiger partial charge in [-0.25, -0.2) is 0 Å². The molecule has 1 N–H and O–H groups in total. The Labute approximate surface area is 257 Å². The number of ether oxygens (including phenoxy) is 1. The third-order valence-corrected chi connectivity index (χ3v) is 12.5. The second-order valence-corrected chi connectivity index (χ2v) is 14.4. The van der Waals surface area contributed by atoms with Crippen molar-refractivity contribution in [3.63, 3.8) is 0 Å². The molecule has 1 unspecified atom stereocenters. The molecule has 216 valence electrons. The number of aliphatic hydroxyl groups is 1. The SMILES string of the molecule is CN1CCN(CCCc2ccccc2OCC(O)C[P+](c2ccccc2)(c2ccccc2)c2ccccc2)CC1.[Br-]. The number of halogens is 1. The Bertz CT molecular complexity index is 1200. The number of rotatable bonds is 12. The maximum absolute atomic E-state index is 11.6. The fourth-order valence-electron chi connectivity index (χ4n) is 5.78. The minimum absolute atomic E-state index is 0. The van der Waals surface area contributed by atoms with Crippen LogP contribution in [0.1, 0.15) is 12.0 Å². The van der Waals surface area contributed by atoms with Gasteiger partial charge in [-0.05, 0) is 74.5 Å². The molecule has 1 atom stereocenters. The number of benzene rings is 4. The van der Waals surface area contributed by atoms with E-state index >= 15 is 0 Å². The first-order valence-corrected chi connectivity index (χ1v) is 16.5. The van der Waals surface area contributed by atoms with E-state index in [0.29, 0.717) is 6.16 Å². The minimum atomic E-state index is -2.12. The fraction of sp³-hybridized carbons (Fsp3) is 0.314. The van der Waals surface area contributed by atoms with Crippen molar-refractivity contribution in [2.75, 3.05) is 52.5 Å². The summed E-state index contributed by atoms with van der Waals surface area (Å²) in [6.07, 6.45) is 2.09. The molecular weight excluding hydrogens is 591 g/mol. The van der Waals surface area contributed by atoms with Crippen LogP contribution >= 0.6 is 7.26 Å². The smallest absolute Gasteiger partial charge is 0.123 e. The van der Waals surface area contributed by atoms with E-state index in [4.69, 9.17) is 4.74 Å². The molecule has 6 heteroatoms. The normalized spacial score (nSPS) is 15.2. The van der Waals surface area contributed by atoms with Crippen molar-refractivity contribution >= 4 is 23.2 Å². The molecule has 1 heterocycles. The molecule has 1 saturated heterocycles. The maximum Gasteiger partial charge on any atom is 0.123 e. The summed E-state index contributed by atoms with van der Waals surface area (Å²) in [5, 5.41) is 15.4. The average molecular weight is 634 g/mol. The quantitative estimate of drug-likeness (QED) is 0.241.